The monoisotopic (exact) mass is 246 g/mol. The highest BCUT2D eigenvalue weighted by atomic mass is 16.1. The number of rotatable bonds is 5. The maximum absolute atomic E-state index is 11.9. The zero-order valence-electron chi connectivity index (χ0n) is 10.7. The Bertz CT molecular complexity index is 501. The molecular weight excluding hydrogens is 228 g/mol. The third-order valence-electron chi connectivity index (χ3n) is 2.96. The molecule has 5 nitrogen and oxygen atoms in total. The van der Waals surface area contributed by atoms with Gasteiger partial charge in [0, 0.05) is 30.7 Å². The number of nitrogens with zero attached hydrogens (tertiary/aromatic N) is 2. The van der Waals surface area contributed by atoms with Gasteiger partial charge in [-0.25, -0.2) is 4.98 Å². The minimum atomic E-state index is -0.0679. The van der Waals surface area contributed by atoms with Crippen LogP contribution < -0.4 is 5.32 Å². The molecule has 0 aliphatic rings. The van der Waals surface area contributed by atoms with Gasteiger partial charge in [0.05, 0.1) is 6.33 Å². The number of carbonyl (C=O) groups is 1. The van der Waals surface area contributed by atoms with Crippen LogP contribution in [0.3, 0.4) is 0 Å². The van der Waals surface area contributed by atoms with E-state index in [4.69, 9.17) is 0 Å². The van der Waals surface area contributed by atoms with E-state index in [1.807, 2.05) is 29.8 Å². The Morgan fingerprint density at radius 1 is 1.56 bits per heavy atom. The molecule has 1 atom stereocenters. The Morgan fingerprint density at radius 3 is 3.00 bits per heavy atom. The van der Waals surface area contributed by atoms with Gasteiger partial charge in [-0.3, -0.25) is 4.79 Å². The lowest BCUT2D eigenvalue weighted by Gasteiger charge is -2.13. The van der Waals surface area contributed by atoms with E-state index in [1.165, 1.54) is 0 Å². The second kappa shape index (κ2) is 5.53. The van der Waals surface area contributed by atoms with Crippen molar-refractivity contribution in [2.45, 2.75) is 26.3 Å². The van der Waals surface area contributed by atoms with Crippen LogP contribution in [-0.4, -0.2) is 27.0 Å². The number of H-pyrrole nitrogens is 1. The number of hydrogen-bond acceptors (Lipinski definition) is 2. The average molecular weight is 246 g/mol. The number of aromatic amines is 1. The van der Waals surface area contributed by atoms with Gasteiger partial charge in [-0.05, 0) is 25.5 Å². The molecule has 0 spiro atoms. The molecule has 0 bridgehead atoms. The summed E-state index contributed by atoms with van der Waals surface area (Å²) in [7, 11) is 0. The summed E-state index contributed by atoms with van der Waals surface area (Å²) in [5.74, 6) is -0.0679. The zero-order valence-corrected chi connectivity index (χ0v) is 10.7. The number of amides is 1. The molecule has 2 heterocycles. The van der Waals surface area contributed by atoms with Gasteiger partial charge in [0.2, 0.25) is 0 Å². The quantitative estimate of drug-likeness (QED) is 0.844. The Hall–Kier alpha value is -2.04. The third kappa shape index (κ3) is 2.80. The fraction of sp³-hybridized carbons (Fsp3) is 0.385. The minimum Gasteiger partial charge on any atom is -0.354 e. The first-order valence-electron chi connectivity index (χ1n) is 6.14. The molecule has 0 aliphatic carbocycles. The molecule has 0 saturated heterocycles. The fourth-order valence-electron chi connectivity index (χ4n) is 1.75. The molecule has 18 heavy (non-hydrogen) atoms. The van der Waals surface area contributed by atoms with Crippen molar-refractivity contribution in [2.24, 2.45) is 0 Å². The highest BCUT2D eigenvalue weighted by Gasteiger charge is 2.10. The molecule has 0 radical (unpaired) electrons. The van der Waals surface area contributed by atoms with E-state index < -0.39 is 0 Å². The predicted octanol–water partition coefficient (Wildman–Crippen LogP) is 1.76. The van der Waals surface area contributed by atoms with Crippen molar-refractivity contribution >= 4 is 5.91 Å². The summed E-state index contributed by atoms with van der Waals surface area (Å²) in [5.41, 5.74) is 1.69. The van der Waals surface area contributed by atoms with Crippen LogP contribution in [0.2, 0.25) is 0 Å². The molecule has 1 amide bonds. The number of nitrogens with one attached hydrogen (secondary N) is 2. The maximum atomic E-state index is 11.9. The molecule has 96 valence electrons. The number of hydrogen-bond donors (Lipinski definition) is 2. The lowest BCUT2D eigenvalue weighted by Crippen LogP contribution is -2.29. The van der Waals surface area contributed by atoms with E-state index in [0.29, 0.717) is 12.2 Å². The van der Waals surface area contributed by atoms with Crippen LogP contribution in [-0.2, 0) is 6.42 Å². The van der Waals surface area contributed by atoms with E-state index in [2.05, 4.69) is 22.2 Å². The Labute approximate surface area is 106 Å². The summed E-state index contributed by atoms with van der Waals surface area (Å²) < 4.78 is 1.96. The smallest absolute Gasteiger partial charge is 0.267 e. The van der Waals surface area contributed by atoms with Crippen LogP contribution in [0.5, 0.6) is 0 Å². The number of imidazole rings is 1. The summed E-state index contributed by atoms with van der Waals surface area (Å²) >= 11 is 0. The van der Waals surface area contributed by atoms with Gasteiger partial charge in [-0.2, -0.15) is 0 Å². The molecule has 5 heteroatoms. The number of aryl methyl sites for hydroxylation is 1. The minimum absolute atomic E-state index is 0.0679. The van der Waals surface area contributed by atoms with E-state index in [1.54, 1.807) is 12.5 Å². The van der Waals surface area contributed by atoms with Crippen molar-refractivity contribution in [2.75, 3.05) is 6.54 Å². The normalized spacial score (nSPS) is 12.3. The van der Waals surface area contributed by atoms with Gasteiger partial charge >= 0.3 is 0 Å². The summed E-state index contributed by atoms with van der Waals surface area (Å²) in [6.45, 7) is 4.67. The van der Waals surface area contributed by atoms with E-state index in [9.17, 15) is 4.79 Å². The van der Waals surface area contributed by atoms with Crippen molar-refractivity contribution in [1.29, 1.82) is 0 Å². The van der Waals surface area contributed by atoms with Crippen LogP contribution in [0, 0.1) is 0 Å². The topological polar surface area (TPSA) is 62.7 Å². The number of aromatic nitrogens is 3. The van der Waals surface area contributed by atoms with Crippen LogP contribution in [0.15, 0.2) is 30.9 Å². The van der Waals surface area contributed by atoms with Gasteiger partial charge in [0.25, 0.3) is 5.91 Å². The molecule has 2 aromatic heterocycles. The molecular formula is C13H18N4O. The first-order chi connectivity index (χ1) is 8.70. The largest absolute Gasteiger partial charge is 0.354 e. The van der Waals surface area contributed by atoms with Gasteiger partial charge in [-0.15, -0.1) is 0 Å². The second-order valence-electron chi connectivity index (χ2n) is 4.32. The van der Waals surface area contributed by atoms with Crippen LogP contribution in [0.4, 0.5) is 0 Å². The van der Waals surface area contributed by atoms with Crippen LogP contribution in [0.1, 0.15) is 36.1 Å². The zero-order chi connectivity index (χ0) is 13.0. The van der Waals surface area contributed by atoms with Crippen molar-refractivity contribution in [3.8, 4) is 0 Å². The molecule has 0 saturated carbocycles. The lowest BCUT2D eigenvalue weighted by molar-refractivity contribution is 0.0944. The van der Waals surface area contributed by atoms with Crippen LogP contribution in [0.25, 0.3) is 0 Å². The molecule has 2 N–H and O–H groups in total. The predicted molar refractivity (Wildman–Crippen MR) is 69.4 cm³/mol. The highest BCUT2D eigenvalue weighted by Crippen LogP contribution is 2.05. The second-order valence-corrected chi connectivity index (χ2v) is 4.32. The molecule has 0 aromatic carbocycles. The maximum Gasteiger partial charge on any atom is 0.267 e. The number of carbonyl (C=O) groups excluding carboxylic acids is 1. The van der Waals surface area contributed by atoms with Gasteiger partial charge < -0.3 is 14.9 Å². The van der Waals surface area contributed by atoms with E-state index in [0.717, 1.165) is 12.1 Å². The Balaban J connectivity index is 1.88. The first kappa shape index (κ1) is 12.4. The summed E-state index contributed by atoms with van der Waals surface area (Å²) in [4.78, 5) is 19.0. The molecule has 2 rings (SSSR count). The Morgan fingerprint density at radius 2 is 2.39 bits per heavy atom. The van der Waals surface area contributed by atoms with Gasteiger partial charge in [0.1, 0.15) is 5.69 Å². The highest BCUT2D eigenvalue weighted by molar-refractivity contribution is 5.92. The molecule has 0 fully saturated rings. The van der Waals surface area contributed by atoms with E-state index in [-0.39, 0.29) is 11.9 Å². The van der Waals surface area contributed by atoms with Crippen LogP contribution >= 0.6 is 0 Å². The van der Waals surface area contributed by atoms with Crippen molar-refractivity contribution < 1.29 is 4.79 Å². The SMILES string of the molecule is CCc1ccc(C(=O)NCC(C)n2ccnc2)[nH]1. The van der Waals surface area contributed by atoms with Crippen molar-refractivity contribution in [3.05, 3.63) is 42.2 Å². The average Bonchev–Trinajstić information content (AvgIpc) is 3.05. The summed E-state index contributed by atoms with van der Waals surface area (Å²) in [6.07, 6.45) is 6.27. The molecule has 1 unspecified atom stereocenters. The Kier molecular flexibility index (Phi) is 3.82. The summed E-state index contributed by atoms with van der Waals surface area (Å²) in [5, 5.41) is 2.91. The standard InChI is InChI=1S/C13H18N4O/c1-3-11-4-5-12(16-11)13(18)15-8-10(2)17-7-6-14-9-17/h4-7,9-10,16H,3,8H2,1-2H3,(H,15,18). The molecule has 0 aliphatic heterocycles. The summed E-state index contributed by atoms with van der Waals surface area (Å²) in [6, 6.07) is 3.95. The first-order valence-corrected chi connectivity index (χ1v) is 6.14. The van der Waals surface area contributed by atoms with Gasteiger partial charge in [0.15, 0.2) is 0 Å². The van der Waals surface area contributed by atoms with Crippen molar-refractivity contribution in [1.82, 2.24) is 19.9 Å². The van der Waals surface area contributed by atoms with Gasteiger partial charge in [-0.1, -0.05) is 6.92 Å². The third-order valence-corrected chi connectivity index (χ3v) is 2.96. The fourth-order valence-corrected chi connectivity index (χ4v) is 1.75. The lowest BCUT2D eigenvalue weighted by atomic mass is 10.3. The van der Waals surface area contributed by atoms with Crippen molar-refractivity contribution in [3.63, 3.8) is 0 Å². The molecule has 2 aromatic rings. The van der Waals surface area contributed by atoms with E-state index >= 15 is 0 Å².